The number of hydrogen-bond donors (Lipinski definition) is 1. The third-order valence-electron chi connectivity index (χ3n) is 4.65. The summed E-state index contributed by atoms with van der Waals surface area (Å²) in [6.07, 6.45) is 2.18. The average Bonchev–Trinajstić information content (AvgIpc) is 3.02. The molecular formula is C19H23N3O4S. The fourth-order valence-electron chi connectivity index (χ4n) is 3.26. The number of aromatic nitrogens is 1. The molecule has 1 atom stereocenters. The van der Waals surface area contributed by atoms with Crippen LogP contribution in [0.1, 0.15) is 23.8 Å². The summed E-state index contributed by atoms with van der Waals surface area (Å²) in [5.74, 6) is 0.746. The van der Waals surface area contributed by atoms with E-state index in [4.69, 9.17) is 4.74 Å². The number of ether oxygens (including phenoxy) is 1. The summed E-state index contributed by atoms with van der Waals surface area (Å²) in [6, 6.07) is 10.5. The van der Waals surface area contributed by atoms with Crippen molar-refractivity contribution in [1.82, 2.24) is 4.98 Å². The maximum absolute atomic E-state index is 12.5. The van der Waals surface area contributed by atoms with Crippen LogP contribution < -0.4 is 15.0 Å². The molecule has 0 spiro atoms. The Bertz CT molecular complexity index is 913. The van der Waals surface area contributed by atoms with E-state index in [9.17, 15) is 13.2 Å². The van der Waals surface area contributed by atoms with Crippen molar-refractivity contribution in [3.63, 3.8) is 0 Å². The maximum Gasteiger partial charge on any atom is 0.274 e. The lowest BCUT2D eigenvalue weighted by Gasteiger charge is -2.29. The van der Waals surface area contributed by atoms with E-state index in [-0.39, 0.29) is 29.1 Å². The number of methoxy groups -OCH3 is 1. The third-order valence-corrected chi connectivity index (χ3v) is 6.40. The van der Waals surface area contributed by atoms with Gasteiger partial charge < -0.3 is 15.0 Å². The molecule has 2 heterocycles. The number of amides is 1. The molecule has 1 saturated heterocycles. The predicted molar refractivity (Wildman–Crippen MR) is 105 cm³/mol. The van der Waals surface area contributed by atoms with Crippen molar-refractivity contribution in [1.29, 1.82) is 0 Å². The molecule has 0 saturated carbocycles. The van der Waals surface area contributed by atoms with Gasteiger partial charge in [-0.3, -0.25) is 9.78 Å². The highest BCUT2D eigenvalue weighted by atomic mass is 32.2. The summed E-state index contributed by atoms with van der Waals surface area (Å²) in [6.45, 7) is 2.63. The van der Waals surface area contributed by atoms with Crippen LogP contribution in [-0.2, 0) is 9.84 Å². The number of anilines is 2. The first kappa shape index (κ1) is 19.2. The van der Waals surface area contributed by atoms with Gasteiger partial charge in [0.25, 0.3) is 5.91 Å². The molecule has 8 heteroatoms. The summed E-state index contributed by atoms with van der Waals surface area (Å²) < 4.78 is 28.7. The third kappa shape index (κ3) is 4.57. The van der Waals surface area contributed by atoms with Crippen LogP contribution in [0.2, 0.25) is 0 Å². The fraction of sp³-hybridized carbons (Fsp3) is 0.368. The molecule has 27 heavy (non-hydrogen) atoms. The molecule has 0 aliphatic carbocycles. The monoisotopic (exact) mass is 389 g/mol. The van der Waals surface area contributed by atoms with Crippen LogP contribution in [0, 0.1) is 0 Å². The molecule has 2 aromatic rings. The minimum atomic E-state index is -2.98. The fourth-order valence-corrected chi connectivity index (χ4v) is 5.00. The Morgan fingerprint density at radius 2 is 2.04 bits per heavy atom. The number of carbonyl (C=O) groups is 1. The van der Waals surface area contributed by atoms with Crippen molar-refractivity contribution in [3.8, 4) is 5.75 Å². The lowest BCUT2D eigenvalue weighted by atomic mass is 10.2. The van der Waals surface area contributed by atoms with Crippen molar-refractivity contribution in [2.45, 2.75) is 19.4 Å². The van der Waals surface area contributed by atoms with E-state index in [1.165, 1.54) is 0 Å². The van der Waals surface area contributed by atoms with E-state index < -0.39 is 9.84 Å². The Labute approximate surface area is 159 Å². The second kappa shape index (κ2) is 7.96. The van der Waals surface area contributed by atoms with E-state index >= 15 is 0 Å². The maximum atomic E-state index is 12.5. The number of nitrogens with one attached hydrogen (secondary N) is 1. The van der Waals surface area contributed by atoms with Gasteiger partial charge >= 0.3 is 0 Å². The van der Waals surface area contributed by atoms with Crippen LogP contribution in [0.15, 0.2) is 42.6 Å². The summed E-state index contributed by atoms with van der Waals surface area (Å²) >= 11 is 0. The minimum absolute atomic E-state index is 0.0695. The summed E-state index contributed by atoms with van der Waals surface area (Å²) in [4.78, 5) is 18.7. The predicted octanol–water partition coefficient (Wildman–Crippen LogP) is 2.36. The van der Waals surface area contributed by atoms with Gasteiger partial charge in [0.15, 0.2) is 9.84 Å². The molecule has 144 valence electrons. The van der Waals surface area contributed by atoms with Gasteiger partial charge in [-0.1, -0.05) is 0 Å². The van der Waals surface area contributed by atoms with Crippen LogP contribution >= 0.6 is 0 Å². The van der Waals surface area contributed by atoms with Crippen LogP contribution in [0.3, 0.4) is 0 Å². The lowest BCUT2D eigenvalue weighted by Crippen LogP contribution is -2.36. The topological polar surface area (TPSA) is 88.6 Å². The molecule has 3 rings (SSSR count). The van der Waals surface area contributed by atoms with Gasteiger partial charge in [-0.05, 0) is 49.7 Å². The molecule has 1 aliphatic rings. The SMILES string of the molecule is CCN(c1ccnc(C(=O)Nc2ccc(OC)cc2)c1)C1CCS(=O)(=O)C1. The average molecular weight is 389 g/mol. The summed E-state index contributed by atoms with van der Waals surface area (Å²) in [5, 5.41) is 2.80. The second-order valence-corrected chi connectivity index (χ2v) is 8.65. The number of sulfone groups is 1. The molecule has 1 fully saturated rings. The zero-order valence-corrected chi connectivity index (χ0v) is 16.2. The van der Waals surface area contributed by atoms with Crippen molar-refractivity contribution >= 4 is 27.1 Å². The second-order valence-electron chi connectivity index (χ2n) is 6.42. The smallest absolute Gasteiger partial charge is 0.274 e. The Kier molecular flexibility index (Phi) is 5.65. The normalized spacial score (nSPS) is 18.1. The number of pyridine rings is 1. The number of benzene rings is 1. The van der Waals surface area contributed by atoms with Gasteiger partial charge in [0.2, 0.25) is 0 Å². The van der Waals surface area contributed by atoms with Crippen LogP contribution in [0.25, 0.3) is 0 Å². The van der Waals surface area contributed by atoms with Gasteiger partial charge in [-0.2, -0.15) is 0 Å². The molecule has 7 nitrogen and oxygen atoms in total. The standard InChI is InChI=1S/C19H23N3O4S/c1-3-22(16-9-11-27(24,25)13-16)15-8-10-20-18(12-15)19(23)21-14-4-6-17(26-2)7-5-14/h4-8,10,12,16H,3,9,11,13H2,1-2H3,(H,21,23). The van der Waals surface area contributed by atoms with Crippen molar-refractivity contribution < 1.29 is 17.9 Å². The first-order chi connectivity index (χ1) is 12.9. The Balaban J connectivity index is 1.76. The van der Waals surface area contributed by atoms with E-state index in [0.29, 0.717) is 24.4 Å². The Morgan fingerprint density at radius 1 is 1.30 bits per heavy atom. The van der Waals surface area contributed by atoms with Crippen molar-refractivity contribution in [2.75, 3.05) is 35.4 Å². The molecule has 1 unspecified atom stereocenters. The number of carbonyl (C=O) groups excluding carboxylic acids is 1. The van der Waals surface area contributed by atoms with Crippen molar-refractivity contribution in [2.24, 2.45) is 0 Å². The molecule has 1 aromatic carbocycles. The first-order valence-corrected chi connectivity index (χ1v) is 10.6. The zero-order valence-electron chi connectivity index (χ0n) is 15.4. The molecule has 1 aromatic heterocycles. The first-order valence-electron chi connectivity index (χ1n) is 8.80. The Hall–Kier alpha value is -2.61. The highest BCUT2D eigenvalue weighted by molar-refractivity contribution is 7.91. The molecule has 0 bridgehead atoms. The van der Waals surface area contributed by atoms with Gasteiger partial charge in [0, 0.05) is 30.2 Å². The van der Waals surface area contributed by atoms with Gasteiger partial charge in [0.05, 0.1) is 18.6 Å². The zero-order chi connectivity index (χ0) is 19.4. The quantitative estimate of drug-likeness (QED) is 0.816. The van der Waals surface area contributed by atoms with E-state index in [0.717, 1.165) is 5.69 Å². The van der Waals surface area contributed by atoms with E-state index in [1.54, 1.807) is 49.7 Å². The van der Waals surface area contributed by atoms with Gasteiger partial charge in [-0.25, -0.2) is 8.42 Å². The highest BCUT2D eigenvalue weighted by Crippen LogP contribution is 2.25. The van der Waals surface area contributed by atoms with Gasteiger partial charge in [0.1, 0.15) is 11.4 Å². The van der Waals surface area contributed by atoms with E-state index in [2.05, 4.69) is 10.3 Å². The minimum Gasteiger partial charge on any atom is -0.497 e. The van der Waals surface area contributed by atoms with Crippen LogP contribution in [0.4, 0.5) is 11.4 Å². The molecular weight excluding hydrogens is 366 g/mol. The molecule has 0 radical (unpaired) electrons. The lowest BCUT2D eigenvalue weighted by molar-refractivity contribution is 0.102. The van der Waals surface area contributed by atoms with Crippen LogP contribution in [0.5, 0.6) is 5.75 Å². The Morgan fingerprint density at radius 3 is 2.63 bits per heavy atom. The molecule has 1 amide bonds. The highest BCUT2D eigenvalue weighted by Gasteiger charge is 2.32. The van der Waals surface area contributed by atoms with E-state index in [1.807, 2.05) is 11.8 Å². The largest absolute Gasteiger partial charge is 0.497 e. The number of rotatable bonds is 6. The molecule has 1 N–H and O–H groups in total. The van der Waals surface area contributed by atoms with Gasteiger partial charge in [-0.15, -0.1) is 0 Å². The molecule has 1 aliphatic heterocycles. The summed E-state index contributed by atoms with van der Waals surface area (Å²) in [5.41, 5.74) is 1.72. The summed E-state index contributed by atoms with van der Waals surface area (Å²) in [7, 11) is -1.40. The van der Waals surface area contributed by atoms with Crippen molar-refractivity contribution in [3.05, 3.63) is 48.3 Å². The van der Waals surface area contributed by atoms with Crippen LogP contribution in [-0.4, -0.2) is 50.5 Å². The number of hydrogen-bond acceptors (Lipinski definition) is 6. The number of nitrogens with zero attached hydrogens (tertiary/aromatic N) is 2.